The molecule has 0 spiro atoms. The van der Waals surface area contributed by atoms with E-state index in [0.717, 1.165) is 21.1 Å². The first-order chi connectivity index (χ1) is 15.1. The molecule has 5 aromatic rings. The molecule has 31 heavy (non-hydrogen) atoms. The molecule has 0 unspecified atom stereocenters. The predicted molar refractivity (Wildman–Crippen MR) is 126 cm³/mol. The van der Waals surface area contributed by atoms with E-state index in [9.17, 15) is 8.42 Å². The van der Waals surface area contributed by atoms with Crippen LogP contribution in [0.1, 0.15) is 11.3 Å². The number of hydrogen-bond donors (Lipinski definition) is 1. The van der Waals surface area contributed by atoms with Crippen LogP contribution in [0.15, 0.2) is 113 Å². The molecule has 5 nitrogen and oxygen atoms in total. The fourth-order valence-corrected chi connectivity index (χ4v) is 5.23. The van der Waals surface area contributed by atoms with Crippen LogP contribution in [0.4, 0.5) is 0 Å². The number of aromatic nitrogens is 3. The van der Waals surface area contributed by atoms with E-state index in [1.54, 1.807) is 48.9 Å². The molecule has 0 aliphatic heterocycles. The number of benzene rings is 2. The average molecular weight is 494 g/mol. The lowest BCUT2D eigenvalue weighted by Crippen LogP contribution is -2.16. The van der Waals surface area contributed by atoms with Gasteiger partial charge >= 0.3 is 0 Å². The minimum Gasteiger partial charge on any atom is -0.346 e. The van der Waals surface area contributed by atoms with Gasteiger partial charge < -0.3 is 4.98 Å². The third kappa shape index (κ3) is 4.62. The SMILES string of the molecule is O=S(=O)(c1ccccc1)n1c(Cc2ccccc2)cc2c(Br)c[nH]c21.c1ccncc1. The Bertz CT molecular complexity index is 1340. The molecule has 3 aromatic heterocycles. The minimum atomic E-state index is -3.70. The number of pyridine rings is 1. The fraction of sp³-hybridized carbons (Fsp3) is 0.0417. The molecule has 0 saturated carbocycles. The lowest BCUT2D eigenvalue weighted by atomic mass is 10.1. The summed E-state index contributed by atoms with van der Waals surface area (Å²) in [4.78, 5) is 7.13. The van der Waals surface area contributed by atoms with Gasteiger partial charge in [-0.1, -0.05) is 54.6 Å². The highest BCUT2D eigenvalue weighted by atomic mass is 79.9. The third-order valence-electron chi connectivity index (χ3n) is 4.70. The Morgan fingerprint density at radius 1 is 0.871 bits per heavy atom. The molecule has 0 atom stereocenters. The van der Waals surface area contributed by atoms with Crippen molar-refractivity contribution in [2.75, 3.05) is 0 Å². The van der Waals surface area contributed by atoms with Crippen molar-refractivity contribution in [3.63, 3.8) is 0 Å². The van der Waals surface area contributed by atoms with Crippen LogP contribution in [0.3, 0.4) is 0 Å². The van der Waals surface area contributed by atoms with Crippen LogP contribution in [0.25, 0.3) is 11.0 Å². The molecule has 0 radical (unpaired) electrons. The number of rotatable bonds is 4. The highest BCUT2D eigenvalue weighted by Crippen LogP contribution is 2.31. The van der Waals surface area contributed by atoms with Gasteiger partial charge in [0.15, 0.2) is 0 Å². The molecular formula is C24H20BrN3O2S. The summed E-state index contributed by atoms with van der Waals surface area (Å²) in [6.07, 6.45) is 5.79. The van der Waals surface area contributed by atoms with E-state index >= 15 is 0 Å². The zero-order valence-corrected chi connectivity index (χ0v) is 18.9. The molecule has 0 aliphatic carbocycles. The maximum atomic E-state index is 13.3. The summed E-state index contributed by atoms with van der Waals surface area (Å²) in [7, 11) is -3.70. The van der Waals surface area contributed by atoms with Crippen LogP contribution in [0.5, 0.6) is 0 Å². The summed E-state index contributed by atoms with van der Waals surface area (Å²) in [6.45, 7) is 0. The monoisotopic (exact) mass is 493 g/mol. The first kappa shape index (κ1) is 21.1. The van der Waals surface area contributed by atoms with E-state index in [-0.39, 0.29) is 4.90 Å². The molecular weight excluding hydrogens is 474 g/mol. The van der Waals surface area contributed by atoms with Crippen molar-refractivity contribution in [2.24, 2.45) is 0 Å². The van der Waals surface area contributed by atoms with Crippen LogP contribution in [0.2, 0.25) is 0 Å². The number of halogens is 1. The van der Waals surface area contributed by atoms with Crippen LogP contribution in [-0.2, 0) is 16.4 Å². The van der Waals surface area contributed by atoms with Gasteiger partial charge in [0.25, 0.3) is 10.0 Å². The van der Waals surface area contributed by atoms with Gasteiger partial charge in [-0.25, -0.2) is 12.4 Å². The molecule has 0 bridgehead atoms. The second-order valence-electron chi connectivity index (χ2n) is 6.80. The second-order valence-corrected chi connectivity index (χ2v) is 9.45. The Kier molecular flexibility index (Phi) is 6.34. The van der Waals surface area contributed by atoms with Crippen LogP contribution < -0.4 is 0 Å². The maximum Gasteiger partial charge on any atom is 0.269 e. The summed E-state index contributed by atoms with van der Waals surface area (Å²) < 4.78 is 28.8. The number of nitrogens with one attached hydrogen (secondary N) is 1. The average Bonchev–Trinajstić information content (AvgIpc) is 3.36. The maximum absolute atomic E-state index is 13.3. The normalized spacial score (nSPS) is 11.1. The molecule has 0 saturated heterocycles. The zero-order valence-electron chi connectivity index (χ0n) is 16.5. The van der Waals surface area contributed by atoms with Crippen LogP contribution >= 0.6 is 15.9 Å². The van der Waals surface area contributed by atoms with Crippen molar-refractivity contribution < 1.29 is 8.42 Å². The molecule has 3 heterocycles. The summed E-state index contributed by atoms with van der Waals surface area (Å²) in [5, 5.41) is 0.852. The Balaban J connectivity index is 0.000000334. The molecule has 0 amide bonds. The zero-order chi connectivity index (χ0) is 21.7. The van der Waals surface area contributed by atoms with E-state index in [0.29, 0.717) is 12.1 Å². The lowest BCUT2D eigenvalue weighted by molar-refractivity contribution is 0.587. The fourth-order valence-electron chi connectivity index (χ4n) is 3.29. The smallest absolute Gasteiger partial charge is 0.269 e. The quantitative estimate of drug-likeness (QED) is 0.352. The molecule has 2 aromatic carbocycles. The minimum absolute atomic E-state index is 0.271. The molecule has 1 N–H and O–H groups in total. The first-order valence-electron chi connectivity index (χ1n) is 9.64. The Morgan fingerprint density at radius 2 is 1.48 bits per heavy atom. The molecule has 5 rings (SSSR count). The third-order valence-corrected chi connectivity index (χ3v) is 7.12. The van der Waals surface area contributed by atoms with Gasteiger partial charge in [0.1, 0.15) is 5.65 Å². The van der Waals surface area contributed by atoms with Gasteiger partial charge in [0, 0.05) is 40.6 Å². The summed E-state index contributed by atoms with van der Waals surface area (Å²) >= 11 is 3.48. The highest BCUT2D eigenvalue weighted by molar-refractivity contribution is 9.10. The largest absolute Gasteiger partial charge is 0.346 e. The molecule has 0 fully saturated rings. The summed E-state index contributed by atoms with van der Waals surface area (Å²) in [6, 6.07) is 26.0. The van der Waals surface area contributed by atoms with Crippen molar-refractivity contribution in [1.82, 2.24) is 13.9 Å². The Hall–Kier alpha value is -3.16. The number of H-pyrrole nitrogens is 1. The van der Waals surface area contributed by atoms with Crippen molar-refractivity contribution >= 4 is 37.0 Å². The molecule has 7 heteroatoms. The van der Waals surface area contributed by atoms with E-state index in [1.165, 1.54) is 3.97 Å². The molecule has 0 aliphatic rings. The van der Waals surface area contributed by atoms with Gasteiger partial charge in [-0.15, -0.1) is 0 Å². The lowest BCUT2D eigenvalue weighted by Gasteiger charge is -2.11. The van der Waals surface area contributed by atoms with Gasteiger partial charge in [0.2, 0.25) is 0 Å². The van der Waals surface area contributed by atoms with Crippen LogP contribution in [-0.4, -0.2) is 22.4 Å². The van der Waals surface area contributed by atoms with Crippen LogP contribution in [0, 0.1) is 0 Å². The van der Waals surface area contributed by atoms with E-state index < -0.39 is 10.0 Å². The van der Waals surface area contributed by atoms with Gasteiger partial charge in [0.05, 0.1) is 4.90 Å². The van der Waals surface area contributed by atoms with E-state index in [4.69, 9.17) is 0 Å². The number of hydrogen-bond acceptors (Lipinski definition) is 3. The van der Waals surface area contributed by atoms with Crippen molar-refractivity contribution in [3.05, 3.63) is 119 Å². The predicted octanol–water partition coefficient (Wildman–Crippen LogP) is 5.64. The number of aromatic amines is 1. The van der Waals surface area contributed by atoms with Gasteiger partial charge in [-0.05, 0) is 51.8 Å². The van der Waals surface area contributed by atoms with Gasteiger partial charge in [-0.2, -0.15) is 0 Å². The van der Waals surface area contributed by atoms with Crippen molar-refractivity contribution in [2.45, 2.75) is 11.3 Å². The number of fused-ring (bicyclic) bond motifs is 1. The highest BCUT2D eigenvalue weighted by Gasteiger charge is 2.24. The standard InChI is InChI=1S/C19H15BrN2O2S.C5H5N/c20-18-13-21-19-17(18)12-15(11-14-7-3-1-4-8-14)22(19)25(23,24)16-9-5-2-6-10-16;1-2-4-6-5-3-1/h1-10,12-13,21H,11H2;1-5H. The Morgan fingerprint density at radius 3 is 2.06 bits per heavy atom. The van der Waals surface area contributed by atoms with E-state index in [2.05, 4.69) is 25.9 Å². The van der Waals surface area contributed by atoms with E-state index in [1.807, 2.05) is 54.6 Å². The Labute approximate surface area is 189 Å². The van der Waals surface area contributed by atoms with Crippen molar-refractivity contribution in [3.8, 4) is 0 Å². The van der Waals surface area contributed by atoms with Gasteiger partial charge in [-0.3, -0.25) is 4.98 Å². The second kappa shape index (κ2) is 9.32. The van der Waals surface area contributed by atoms with Crippen molar-refractivity contribution in [1.29, 1.82) is 0 Å². The summed E-state index contributed by atoms with van der Waals surface area (Å²) in [5.41, 5.74) is 2.35. The number of nitrogens with zero attached hydrogens (tertiary/aromatic N) is 2. The topological polar surface area (TPSA) is 67.8 Å². The summed E-state index contributed by atoms with van der Waals surface area (Å²) in [5.74, 6) is 0. The molecule has 156 valence electrons. The first-order valence-corrected chi connectivity index (χ1v) is 11.9.